The number of aromatic amines is 1. The first-order valence-corrected chi connectivity index (χ1v) is 44.2. The predicted molar refractivity (Wildman–Crippen MR) is 428 cm³/mol. The van der Waals surface area contributed by atoms with Gasteiger partial charge in [-0.25, -0.2) is 38.4 Å². The van der Waals surface area contributed by atoms with Gasteiger partial charge in [0.1, 0.15) is 45.0 Å². The Kier molecular flexibility index (Phi) is 23.9. The number of amides is 2. The number of nitrogens with zero attached hydrogens (tertiary/aromatic N) is 17. The molecule has 0 unspecified atom stereocenters. The summed E-state index contributed by atoms with van der Waals surface area (Å²) in [5.41, 5.74) is 15.0. The zero-order chi connectivity index (χ0) is 76.3. The van der Waals surface area contributed by atoms with Crippen LogP contribution < -0.4 is 33.0 Å². The van der Waals surface area contributed by atoms with E-state index in [9.17, 15) is 33.6 Å². The van der Waals surface area contributed by atoms with Crippen LogP contribution in [0.3, 0.4) is 0 Å². The van der Waals surface area contributed by atoms with E-state index in [2.05, 4.69) is 105 Å². The molecule has 0 saturated carbocycles. The molecule has 2 amide bonds. The Hall–Kier alpha value is -10.6. The number of H-pyrrole nitrogens is 1. The first-order chi connectivity index (χ1) is 51.0. The average molecular weight is 1560 g/mol. The van der Waals surface area contributed by atoms with Crippen LogP contribution in [0, 0.1) is 0 Å². The number of esters is 2. The molecule has 0 radical (unpaired) electrons. The minimum absolute atomic E-state index is 0. The highest BCUT2D eigenvalue weighted by atomic mass is 32.1. The third-order valence-corrected chi connectivity index (χ3v) is 24.3. The zero-order valence-corrected chi connectivity index (χ0v) is 66.1. The number of fused-ring (bicyclic) bond motifs is 12. The molecule has 15 rings (SSSR count). The van der Waals surface area contributed by atoms with Gasteiger partial charge in [-0.3, -0.25) is 38.7 Å². The van der Waals surface area contributed by atoms with E-state index in [0.29, 0.717) is 69.3 Å². The third-order valence-electron chi connectivity index (χ3n) is 17.7. The first kappa shape index (κ1) is 78.5. The van der Waals surface area contributed by atoms with Crippen LogP contribution in [0.2, 0.25) is 51.4 Å². The van der Waals surface area contributed by atoms with Crippen LogP contribution in [0.5, 0.6) is 0 Å². The number of hydrogen-bond donors (Lipinski definition) is 4. The molecule has 3 aromatic carbocycles. The SMILES string of the molecule is C.CC(=O)NCc1nc2c(s1)c1cnn(Cc3cccc4[nH]ncc34)c(=O)c1n2C.CC(=O)NCc1nc2c(s1)c1cnn(Cc3cccc4c3cnn4COCC[Si](C)(C)C)c(=O)c1n2C.CC(=O)OC(C)=O.Cn1c2nc(CN)sc2c2cnn(Cc3cccc4c3cnn4COCC[Si](C)(C)C)c(=O)c21. The molecule has 0 aliphatic rings. The number of carbonyl (C=O) groups is 4. The lowest BCUT2D eigenvalue weighted by molar-refractivity contribution is -0.156. The largest absolute Gasteiger partial charge is 0.394 e. The van der Waals surface area contributed by atoms with Crippen molar-refractivity contribution in [3.63, 3.8) is 0 Å². The number of nitrogens with one attached hydrogen (secondary N) is 3. The molecule has 0 saturated heterocycles. The van der Waals surface area contributed by atoms with Crippen LogP contribution in [0.15, 0.2) is 106 Å². The number of hydrogen-bond acceptors (Lipinski definition) is 23. The number of carbonyl (C=O) groups excluding carboxylic acids is 4. The first-order valence-electron chi connectivity index (χ1n) is 34.4. The van der Waals surface area contributed by atoms with Gasteiger partial charge in [0.2, 0.25) is 11.8 Å². The minimum Gasteiger partial charge on any atom is -0.394 e. The monoisotopic (exact) mass is 1560 g/mol. The maximum atomic E-state index is 13.5. The number of ether oxygens (including phenoxy) is 3. The van der Waals surface area contributed by atoms with Crippen molar-refractivity contribution in [3.05, 3.63) is 155 Å². The number of nitrogens with two attached hydrogens (primary N) is 1. The van der Waals surface area contributed by atoms with Gasteiger partial charge < -0.3 is 44.3 Å². The van der Waals surface area contributed by atoms with Crippen LogP contribution in [0.4, 0.5) is 0 Å². The van der Waals surface area contributed by atoms with Crippen molar-refractivity contribution in [2.75, 3.05) is 13.2 Å². The van der Waals surface area contributed by atoms with Crippen LogP contribution >= 0.6 is 34.0 Å². The summed E-state index contributed by atoms with van der Waals surface area (Å²) < 4.78 is 32.2. The van der Waals surface area contributed by atoms with Gasteiger partial charge in [-0.05, 0) is 47.0 Å². The smallest absolute Gasteiger partial charge is 0.310 e. The predicted octanol–water partition coefficient (Wildman–Crippen LogP) is 9.84. The van der Waals surface area contributed by atoms with Crippen molar-refractivity contribution >= 4 is 170 Å². The number of benzene rings is 3. The summed E-state index contributed by atoms with van der Waals surface area (Å²) in [6.07, 6.45) is 10.6. The lowest BCUT2D eigenvalue weighted by Gasteiger charge is -2.15. The second-order valence-corrected chi connectivity index (χ2v) is 42.6. The highest BCUT2D eigenvalue weighted by molar-refractivity contribution is 7.20. The van der Waals surface area contributed by atoms with Crippen LogP contribution in [0.25, 0.3) is 96.5 Å². The van der Waals surface area contributed by atoms with Gasteiger partial charge in [-0.1, -0.05) is 83.1 Å². The Morgan fingerprint density at radius 1 is 0.481 bits per heavy atom. The summed E-state index contributed by atoms with van der Waals surface area (Å²) in [6.45, 7) is 23.8. The zero-order valence-electron chi connectivity index (χ0n) is 61.6. The van der Waals surface area contributed by atoms with E-state index in [-0.39, 0.29) is 35.9 Å². The van der Waals surface area contributed by atoms with Gasteiger partial charge in [0, 0.05) is 117 Å². The Morgan fingerprint density at radius 3 is 1.19 bits per heavy atom. The second kappa shape index (κ2) is 32.9. The average Bonchev–Trinajstić information content (AvgIpc) is 1.60. The molecule has 108 heavy (non-hydrogen) atoms. The summed E-state index contributed by atoms with van der Waals surface area (Å²) in [7, 11) is 3.25. The highest BCUT2D eigenvalue weighted by Gasteiger charge is 2.24. The van der Waals surface area contributed by atoms with Gasteiger partial charge >= 0.3 is 11.9 Å². The highest BCUT2D eigenvalue weighted by Crippen LogP contribution is 2.34. The normalized spacial score (nSPS) is 11.8. The lowest BCUT2D eigenvalue weighted by atomic mass is 10.1. The Labute approximate surface area is 632 Å². The number of aromatic nitrogens is 18. The molecule has 566 valence electrons. The van der Waals surface area contributed by atoms with E-state index in [0.717, 1.165) is 137 Å². The standard InChI is InChI=1S/C25H31N7O3SSi.C23H29N7O2SSi.C19H17N7O2S.C4H6O3.CH4/c1-16(33)26-13-21-29-24-23(36-21)19-12-27-31(25(34)22(19)30(24)2)14-17-7-6-8-20-18(17)11-28-32(20)15-35-9-10-37(3,4)5;1-28-20-17(21-22(28)27-19(10-24)33-21)12-25-29(23(20)31)13-15-6-5-7-18-16(15)11-26-30(18)14-32-8-9-34(2,3)4;1-10(27)20-8-15-23-18-17(29-15)13-7-22-26(19(28)16(13)25(18)2)9-11-4-3-5-14-12(11)6-21-24-14;1-3(5)7-4(2)6;/h6-8,11-12H,9-10,13-15H2,1-5H3,(H,26,33);5-7,11-12H,8-10,13-14,24H2,1-4H3;3-7H,8-9H2,1-2H3,(H,20,27)(H,21,24);1-2H3;1H4. The molecular weight excluding hydrogens is 1470 g/mol. The Balaban J connectivity index is 0.000000154. The van der Waals surface area contributed by atoms with Crippen molar-refractivity contribution < 1.29 is 33.4 Å². The van der Waals surface area contributed by atoms with Crippen molar-refractivity contribution in [3.8, 4) is 0 Å². The van der Waals surface area contributed by atoms with Gasteiger partial charge in [-0.15, -0.1) is 34.0 Å². The van der Waals surface area contributed by atoms with Gasteiger partial charge in [0.25, 0.3) is 16.7 Å². The molecular formula is C72H87N21O10S3Si2. The topological polar surface area (TPSA) is 368 Å². The molecule has 0 spiro atoms. The molecule has 36 heteroatoms. The van der Waals surface area contributed by atoms with Gasteiger partial charge in [0.15, 0.2) is 16.9 Å². The fraction of sp³-hybridized carbons (Fsp3) is 0.361. The molecule has 0 fully saturated rings. The van der Waals surface area contributed by atoms with E-state index in [1.54, 1.807) is 29.4 Å². The number of aryl methyl sites for hydroxylation is 3. The summed E-state index contributed by atoms with van der Waals surface area (Å²) in [5.74, 6) is -1.34. The second-order valence-electron chi connectivity index (χ2n) is 28.1. The fourth-order valence-corrected chi connectivity index (χ4v) is 16.8. The molecule has 15 aromatic rings. The van der Waals surface area contributed by atoms with Crippen LogP contribution in [-0.4, -0.2) is 141 Å². The molecule has 5 N–H and O–H groups in total. The maximum absolute atomic E-state index is 13.5. The van der Waals surface area contributed by atoms with E-state index in [4.69, 9.17) is 15.2 Å². The van der Waals surface area contributed by atoms with E-state index < -0.39 is 28.1 Å². The van der Waals surface area contributed by atoms with Crippen LogP contribution in [-0.2, 0) is 107 Å². The third kappa shape index (κ3) is 17.2. The van der Waals surface area contributed by atoms with E-state index in [1.807, 2.05) is 107 Å². The van der Waals surface area contributed by atoms with Crippen LogP contribution in [0.1, 0.15) is 66.8 Å². The fourth-order valence-electron chi connectivity index (χ4n) is 12.2. The summed E-state index contributed by atoms with van der Waals surface area (Å²) >= 11 is 4.44. The van der Waals surface area contributed by atoms with Crippen molar-refractivity contribution in [2.24, 2.45) is 26.9 Å². The van der Waals surface area contributed by atoms with Crippen molar-refractivity contribution in [2.45, 2.75) is 139 Å². The van der Waals surface area contributed by atoms with E-state index >= 15 is 0 Å². The summed E-state index contributed by atoms with van der Waals surface area (Å²) in [4.78, 5) is 95.8. The molecule has 0 aliphatic carbocycles. The quantitative estimate of drug-likeness (QED) is 0.0225. The Bertz CT molecular complexity index is 6060. The van der Waals surface area contributed by atoms with Crippen molar-refractivity contribution in [1.29, 1.82) is 0 Å². The van der Waals surface area contributed by atoms with Gasteiger partial charge in [-0.2, -0.15) is 30.6 Å². The number of rotatable bonds is 21. The molecule has 0 atom stereocenters. The minimum atomic E-state index is -1.15. The summed E-state index contributed by atoms with van der Waals surface area (Å²) in [5, 5.41) is 42.7. The molecule has 12 aromatic heterocycles. The molecule has 0 aliphatic heterocycles. The van der Waals surface area contributed by atoms with Gasteiger partial charge in [0.05, 0.1) is 101 Å². The van der Waals surface area contributed by atoms with E-state index in [1.165, 1.54) is 75.8 Å². The molecule has 12 heterocycles. The molecule has 31 nitrogen and oxygen atoms in total. The molecule has 0 bridgehead atoms. The summed E-state index contributed by atoms with van der Waals surface area (Å²) in [6, 6.07) is 20.1. The lowest BCUT2D eigenvalue weighted by Crippen LogP contribution is -2.24. The Morgan fingerprint density at radius 2 is 0.833 bits per heavy atom. The number of thiazole rings is 3. The maximum Gasteiger partial charge on any atom is 0.310 e. The van der Waals surface area contributed by atoms with Crippen molar-refractivity contribution in [1.82, 2.24) is 98.4 Å².